The van der Waals surface area contributed by atoms with Gasteiger partial charge >= 0.3 is 0 Å². The van der Waals surface area contributed by atoms with Gasteiger partial charge in [-0.15, -0.1) is 0 Å². The fourth-order valence-electron chi connectivity index (χ4n) is 4.64. The Hall–Kier alpha value is -4.00. The van der Waals surface area contributed by atoms with E-state index >= 15 is 0 Å². The molecule has 7 heteroatoms. The number of hydrogen-bond donors (Lipinski definition) is 1. The monoisotopic (exact) mass is 471 g/mol. The third-order valence-corrected chi connectivity index (χ3v) is 6.54. The number of hydrogen-bond acceptors (Lipinski definition) is 5. The van der Waals surface area contributed by atoms with Crippen molar-refractivity contribution in [2.45, 2.75) is 18.9 Å². The maximum Gasteiger partial charge on any atom is 0.265 e. The minimum Gasteiger partial charge on any atom is -0.497 e. The molecule has 0 radical (unpaired) electrons. The van der Waals surface area contributed by atoms with Crippen LogP contribution in [0, 0.1) is 0 Å². The molecule has 35 heavy (non-hydrogen) atoms. The lowest BCUT2D eigenvalue weighted by Crippen LogP contribution is -2.35. The van der Waals surface area contributed by atoms with Gasteiger partial charge in [-0.25, -0.2) is 0 Å². The van der Waals surface area contributed by atoms with Crippen LogP contribution in [-0.4, -0.2) is 56.1 Å². The first kappa shape index (κ1) is 22.8. The van der Waals surface area contributed by atoms with Gasteiger partial charge in [0.1, 0.15) is 11.5 Å². The Bertz CT molecular complexity index is 1190. The topological polar surface area (TPSA) is 71.1 Å². The minimum absolute atomic E-state index is 0.0257. The largest absolute Gasteiger partial charge is 0.497 e. The van der Waals surface area contributed by atoms with Gasteiger partial charge in [-0.05, 0) is 60.5 Å². The van der Waals surface area contributed by atoms with Gasteiger partial charge in [0.15, 0.2) is 6.10 Å². The molecule has 5 rings (SSSR count). The van der Waals surface area contributed by atoms with Crippen LogP contribution < -0.4 is 19.7 Å². The molecule has 3 aromatic carbocycles. The zero-order chi connectivity index (χ0) is 24.2. The molecule has 180 valence electrons. The van der Waals surface area contributed by atoms with Crippen molar-refractivity contribution < 1.29 is 19.1 Å². The molecule has 2 amide bonds. The second kappa shape index (κ2) is 10.1. The van der Waals surface area contributed by atoms with E-state index in [0.29, 0.717) is 30.8 Å². The number of ether oxygens (including phenoxy) is 2. The molecule has 7 nitrogen and oxygen atoms in total. The van der Waals surface area contributed by atoms with Crippen molar-refractivity contribution in [2.75, 3.05) is 43.5 Å². The van der Waals surface area contributed by atoms with Crippen LogP contribution in [0.3, 0.4) is 0 Å². The van der Waals surface area contributed by atoms with Gasteiger partial charge in [0.2, 0.25) is 0 Å². The van der Waals surface area contributed by atoms with Crippen LogP contribution in [0.4, 0.5) is 11.4 Å². The maximum absolute atomic E-state index is 13.3. The van der Waals surface area contributed by atoms with E-state index in [2.05, 4.69) is 22.3 Å². The highest BCUT2D eigenvalue weighted by molar-refractivity contribution is 5.98. The van der Waals surface area contributed by atoms with E-state index in [1.165, 1.54) is 0 Å². The Morgan fingerprint density at radius 1 is 0.943 bits per heavy atom. The van der Waals surface area contributed by atoms with Gasteiger partial charge in [0.25, 0.3) is 11.8 Å². The Labute approximate surface area is 205 Å². The van der Waals surface area contributed by atoms with Crippen LogP contribution in [0.5, 0.6) is 11.5 Å². The van der Waals surface area contributed by atoms with E-state index in [-0.39, 0.29) is 11.8 Å². The molecule has 1 N–H and O–H groups in total. The summed E-state index contributed by atoms with van der Waals surface area (Å²) in [5.41, 5.74) is 3.31. The molecule has 0 bridgehead atoms. The minimum atomic E-state index is -0.568. The van der Waals surface area contributed by atoms with Gasteiger partial charge < -0.3 is 24.6 Å². The highest BCUT2D eigenvalue weighted by atomic mass is 16.5. The lowest BCUT2D eigenvalue weighted by Gasteiger charge is -2.24. The third kappa shape index (κ3) is 5.09. The Kier molecular flexibility index (Phi) is 6.57. The molecule has 0 saturated carbocycles. The summed E-state index contributed by atoms with van der Waals surface area (Å²) in [6, 6.07) is 22.8. The highest BCUT2D eigenvalue weighted by Gasteiger charge is 2.29. The van der Waals surface area contributed by atoms with Crippen molar-refractivity contribution >= 4 is 23.2 Å². The Morgan fingerprint density at radius 3 is 2.57 bits per heavy atom. The number of fused-ring (bicyclic) bond motifs is 1. The average Bonchev–Trinajstić information content (AvgIpc) is 3.19. The second-order valence-electron chi connectivity index (χ2n) is 8.82. The summed E-state index contributed by atoms with van der Waals surface area (Å²) in [6.07, 6.45) is 0.855. The molecule has 1 unspecified atom stereocenters. The first-order chi connectivity index (χ1) is 17.1. The summed E-state index contributed by atoms with van der Waals surface area (Å²) in [7, 11) is 1.66. The van der Waals surface area contributed by atoms with E-state index in [9.17, 15) is 9.59 Å². The number of rotatable bonds is 5. The van der Waals surface area contributed by atoms with Crippen molar-refractivity contribution in [3.05, 3.63) is 83.9 Å². The number of methoxy groups -OCH3 is 1. The van der Waals surface area contributed by atoms with Crippen molar-refractivity contribution in [3.8, 4) is 11.5 Å². The van der Waals surface area contributed by atoms with Crippen molar-refractivity contribution in [1.29, 1.82) is 0 Å². The summed E-state index contributed by atoms with van der Waals surface area (Å²) in [4.78, 5) is 30.2. The fourth-order valence-corrected chi connectivity index (χ4v) is 4.64. The van der Waals surface area contributed by atoms with Gasteiger partial charge in [-0.1, -0.05) is 24.3 Å². The highest BCUT2D eigenvalue weighted by Crippen LogP contribution is 2.29. The normalized spacial score (nSPS) is 17.2. The van der Waals surface area contributed by atoms with E-state index in [1.54, 1.807) is 31.4 Å². The predicted octanol–water partition coefficient (Wildman–Crippen LogP) is 3.99. The number of nitrogens with one attached hydrogen (secondary N) is 1. The number of benzene rings is 3. The van der Waals surface area contributed by atoms with E-state index in [1.807, 2.05) is 41.3 Å². The van der Waals surface area contributed by atoms with E-state index in [4.69, 9.17) is 9.47 Å². The molecule has 2 heterocycles. The summed E-state index contributed by atoms with van der Waals surface area (Å²) >= 11 is 0. The fraction of sp³-hybridized carbons (Fsp3) is 0.286. The lowest BCUT2D eigenvalue weighted by atomic mass is 10.1. The van der Waals surface area contributed by atoms with Gasteiger partial charge in [0.05, 0.1) is 7.11 Å². The van der Waals surface area contributed by atoms with Crippen molar-refractivity contribution in [1.82, 2.24) is 4.90 Å². The SMILES string of the molecule is COc1ccc(N2CCCN(C(=O)c3cccc(NC(=O)C4Cc5ccccc5O4)c3)CC2)cc1. The molecular weight excluding hydrogens is 442 g/mol. The number of para-hydroxylation sites is 1. The third-order valence-electron chi connectivity index (χ3n) is 6.54. The quantitative estimate of drug-likeness (QED) is 0.609. The number of carbonyl (C=O) groups excluding carboxylic acids is 2. The molecule has 0 aliphatic carbocycles. The average molecular weight is 472 g/mol. The molecule has 0 aromatic heterocycles. The van der Waals surface area contributed by atoms with Crippen LogP contribution in [0.1, 0.15) is 22.3 Å². The number of carbonyl (C=O) groups is 2. The second-order valence-corrected chi connectivity index (χ2v) is 8.82. The maximum atomic E-state index is 13.3. The smallest absolute Gasteiger partial charge is 0.265 e. The first-order valence-corrected chi connectivity index (χ1v) is 11.9. The number of nitrogens with zero attached hydrogens (tertiary/aromatic N) is 2. The molecule has 1 atom stereocenters. The summed E-state index contributed by atoms with van der Waals surface area (Å²) in [5, 5.41) is 2.91. The predicted molar refractivity (Wildman–Crippen MR) is 135 cm³/mol. The molecule has 0 spiro atoms. The summed E-state index contributed by atoms with van der Waals surface area (Å²) < 4.78 is 11.0. The van der Waals surface area contributed by atoms with Gasteiger partial charge in [-0.3, -0.25) is 9.59 Å². The van der Waals surface area contributed by atoms with Crippen LogP contribution in [0.2, 0.25) is 0 Å². The molecule has 2 aliphatic heterocycles. The summed E-state index contributed by atoms with van der Waals surface area (Å²) in [5.74, 6) is 1.34. The molecule has 1 saturated heterocycles. The van der Waals surface area contributed by atoms with Crippen LogP contribution in [-0.2, 0) is 11.2 Å². The molecule has 3 aromatic rings. The van der Waals surface area contributed by atoms with Crippen LogP contribution >= 0.6 is 0 Å². The van der Waals surface area contributed by atoms with Crippen LogP contribution in [0.15, 0.2) is 72.8 Å². The number of amides is 2. The Balaban J connectivity index is 1.20. The number of anilines is 2. The van der Waals surface area contributed by atoms with Gasteiger partial charge in [0, 0.05) is 49.5 Å². The first-order valence-electron chi connectivity index (χ1n) is 11.9. The van der Waals surface area contributed by atoms with Crippen molar-refractivity contribution in [3.63, 3.8) is 0 Å². The Morgan fingerprint density at radius 2 is 1.77 bits per heavy atom. The van der Waals surface area contributed by atoms with E-state index < -0.39 is 6.10 Å². The molecule has 1 fully saturated rings. The van der Waals surface area contributed by atoms with E-state index in [0.717, 1.165) is 42.3 Å². The lowest BCUT2D eigenvalue weighted by molar-refractivity contribution is -0.122. The molecule has 2 aliphatic rings. The summed E-state index contributed by atoms with van der Waals surface area (Å²) in [6.45, 7) is 2.97. The zero-order valence-corrected chi connectivity index (χ0v) is 19.8. The standard InChI is InChI=1S/C28H29N3O4/c1-34-24-12-10-23(11-13-24)30-14-5-15-31(17-16-30)28(33)21-7-4-8-22(18-21)29-27(32)26-19-20-6-2-3-9-25(20)35-26/h2-4,6-13,18,26H,5,14-17,19H2,1H3,(H,29,32). The molecular formula is C28H29N3O4. The van der Waals surface area contributed by atoms with Crippen LogP contribution in [0.25, 0.3) is 0 Å². The zero-order valence-electron chi connectivity index (χ0n) is 19.8. The van der Waals surface area contributed by atoms with Crippen molar-refractivity contribution in [2.24, 2.45) is 0 Å². The van der Waals surface area contributed by atoms with Gasteiger partial charge in [-0.2, -0.15) is 0 Å².